The third-order valence-corrected chi connectivity index (χ3v) is 15.2. The highest BCUT2D eigenvalue weighted by Gasteiger charge is 2.67. The van der Waals surface area contributed by atoms with Gasteiger partial charge in [-0.2, -0.15) is 12.6 Å². The second-order valence-electron chi connectivity index (χ2n) is 21.5. The Morgan fingerprint density at radius 2 is 0.653 bits per heavy atom. The first kappa shape index (κ1) is 72.3. The summed E-state index contributed by atoms with van der Waals surface area (Å²) in [6, 6.07) is -4.86. The van der Waals surface area contributed by atoms with E-state index in [0.29, 0.717) is 19.3 Å². The lowest BCUT2D eigenvalue weighted by Crippen LogP contribution is -2.74. The van der Waals surface area contributed by atoms with E-state index in [1.54, 1.807) is 0 Å². The van der Waals surface area contributed by atoms with Gasteiger partial charge in [-0.3, -0.25) is 33.6 Å². The van der Waals surface area contributed by atoms with Crippen LogP contribution in [0.15, 0.2) is 0 Å². The van der Waals surface area contributed by atoms with Crippen LogP contribution < -0.4 is 16.0 Å². The Morgan fingerprint density at radius 1 is 0.387 bits per heavy atom. The van der Waals surface area contributed by atoms with E-state index in [-0.39, 0.29) is 32.1 Å². The van der Waals surface area contributed by atoms with Gasteiger partial charge in [-0.15, -0.1) is 0 Å². The van der Waals surface area contributed by atoms with Gasteiger partial charge in [0, 0.05) is 25.0 Å². The normalized spacial score (nSPS) is 13.7. The predicted octanol–water partition coefficient (Wildman–Crippen LogP) is 11.1. The molecule has 3 amide bonds. The Hall–Kier alpha value is -2.72. The first-order chi connectivity index (χ1) is 36.3. The number of rotatable bonds is 56. The Kier molecular flexibility index (Phi) is 46.7. The van der Waals surface area contributed by atoms with E-state index >= 15 is 0 Å². The molecule has 0 fully saturated rings. The average molecular weight is 1080 g/mol. The minimum atomic E-state index is -3.63. The van der Waals surface area contributed by atoms with Crippen molar-refractivity contribution < 1.29 is 54.0 Å². The lowest BCUT2D eigenvalue weighted by Gasteiger charge is -2.39. The predicted molar refractivity (Wildman–Crippen MR) is 305 cm³/mol. The molecule has 75 heavy (non-hydrogen) atoms. The number of ketones is 3. The van der Waals surface area contributed by atoms with Crippen molar-refractivity contribution in [3.63, 3.8) is 0 Å². The highest BCUT2D eigenvalue weighted by atomic mass is 32.1. The van der Waals surface area contributed by atoms with Gasteiger partial charge in [0.1, 0.15) is 18.1 Å². The van der Waals surface area contributed by atoms with Crippen molar-refractivity contribution in [1.82, 2.24) is 16.0 Å². The average Bonchev–Trinajstić information content (AvgIpc) is 3.41. The Bertz CT molecular complexity index is 1460. The maximum Gasteiger partial charge on any atom is 0.264 e. The van der Waals surface area contributed by atoms with Gasteiger partial charge in [-0.1, -0.05) is 252 Å². The fourth-order valence-corrected chi connectivity index (χ4v) is 10.1. The molecule has 0 aromatic heterocycles. The number of hydrogen-bond acceptors (Lipinski definition) is 12. The molecule has 7 N–H and O–H groups in total. The number of aliphatic hydroxyl groups is 4. The van der Waals surface area contributed by atoms with Crippen LogP contribution in [0.3, 0.4) is 0 Å². The molecule has 15 heteroatoms. The van der Waals surface area contributed by atoms with E-state index in [4.69, 9.17) is 0 Å². The van der Waals surface area contributed by atoms with E-state index in [2.05, 4.69) is 49.4 Å². The summed E-state index contributed by atoms with van der Waals surface area (Å²) in [7, 11) is 0. The Labute approximate surface area is 460 Å². The molecule has 0 heterocycles. The van der Waals surface area contributed by atoms with Gasteiger partial charge in [-0.25, -0.2) is 0 Å². The molecule has 0 rings (SSSR count). The molecule has 4 atom stereocenters. The lowest BCUT2D eigenvalue weighted by molar-refractivity contribution is -0.192. The molecule has 14 nitrogen and oxygen atoms in total. The molecule has 0 saturated heterocycles. The van der Waals surface area contributed by atoms with Crippen molar-refractivity contribution in [2.45, 2.75) is 320 Å². The van der Waals surface area contributed by atoms with Crippen LogP contribution in [-0.2, 0) is 33.6 Å². The number of Topliss-reactive ketones (excluding diaryl/α,β-unsaturated/α-hetero) is 3. The second-order valence-corrected chi connectivity index (χ2v) is 21.8. The topological polar surface area (TPSA) is 236 Å². The van der Waals surface area contributed by atoms with E-state index in [9.17, 15) is 54.0 Å². The summed E-state index contributed by atoms with van der Waals surface area (Å²) in [5, 5.41) is 51.1. The minimum Gasteiger partial charge on any atom is -0.394 e. The Balaban J connectivity index is 6.38. The Morgan fingerprint density at radius 3 is 0.907 bits per heavy atom. The molecule has 0 aromatic rings. The van der Waals surface area contributed by atoms with Crippen molar-refractivity contribution in [2.24, 2.45) is 0 Å². The molecule has 0 spiro atoms. The third-order valence-electron chi connectivity index (χ3n) is 14.8. The lowest BCUT2D eigenvalue weighted by atomic mass is 9.70. The van der Waals surface area contributed by atoms with Crippen molar-refractivity contribution >= 4 is 54.0 Å². The largest absolute Gasteiger partial charge is 0.394 e. The number of amides is 3. The number of aliphatic hydroxyl groups excluding tert-OH is 2. The van der Waals surface area contributed by atoms with Crippen molar-refractivity contribution in [1.29, 1.82) is 0 Å². The number of hydrogen-bond donors (Lipinski definition) is 8. The van der Waals surface area contributed by atoms with Crippen LogP contribution in [0.2, 0.25) is 0 Å². The zero-order chi connectivity index (χ0) is 55.8. The maximum absolute atomic E-state index is 14.6. The maximum atomic E-state index is 14.6. The van der Waals surface area contributed by atoms with Crippen molar-refractivity contribution in [3.05, 3.63) is 0 Å². The van der Waals surface area contributed by atoms with Gasteiger partial charge in [0.25, 0.3) is 5.91 Å². The third kappa shape index (κ3) is 32.1. The van der Waals surface area contributed by atoms with E-state index in [1.165, 1.54) is 135 Å². The van der Waals surface area contributed by atoms with Crippen LogP contribution in [0.5, 0.6) is 0 Å². The highest BCUT2D eigenvalue weighted by Crippen LogP contribution is 2.33. The zero-order valence-electron chi connectivity index (χ0n) is 47.6. The molecule has 0 aromatic carbocycles. The molecule has 0 aliphatic rings. The van der Waals surface area contributed by atoms with Crippen LogP contribution in [0, 0.1) is 0 Å². The summed E-state index contributed by atoms with van der Waals surface area (Å²) in [6.45, 7) is 4.85. The fourth-order valence-electron chi connectivity index (χ4n) is 9.81. The van der Waals surface area contributed by atoms with Gasteiger partial charge < -0.3 is 36.4 Å². The standard InChI is InChI=1S/C60H110N3O11S/c1-4-7-10-13-16-19-22-25-28-31-34-37-40-43-53(67)59(73,54(68)44-41-38-35-32-29-26-23-20-17-14-11-8-5-2)60(74,55(69)45-42-39-36-33-30-27-24-21-18-15-12-9-6-3)58(72)63-52(49-75)57(71)62-51(48-66)56(70)61-50(46-64)47-65/h50-52,64,66,73-75H,4-46,48-49H2,1-3H3,(H,61,70)(H,62,71)(H,63,72)/t50?,51?,52?,60-/m0/s1. The van der Waals surface area contributed by atoms with Gasteiger partial charge >= 0.3 is 0 Å². The molecule has 0 aliphatic carbocycles. The SMILES string of the molecule is CCCCCCCCCCCCCCCC(=O)C(O)(C(=O)CCCCCCCCCCCCCCC)[C@](O)(C(=O)CCCCCCCCCCCCCCC)C(=O)NC(CS)C(=O)NC(CO)C(=O)NC([C]=O)CO. The molecular formula is C60H110N3O11S. The van der Waals surface area contributed by atoms with Crippen LogP contribution in [-0.4, -0.2) is 110 Å². The van der Waals surface area contributed by atoms with Gasteiger partial charge in [-0.05, 0) is 19.3 Å². The first-order valence-corrected chi connectivity index (χ1v) is 31.1. The number of thiol groups is 1. The molecular weight excluding hydrogens is 971 g/mol. The van der Waals surface area contributed by atoms with Gasteiger partial charge in [0.15, 0.2) is 17.3 Å². The van der Waals surface area contributed by atoms with E-state index in [0.717, 1.165) is 83.5 Å². The van der Waals surface area contributed by atoms with E-state index < -0.39 is 89.8 Å². The first-order valence-electron chi connectivity index (χ1n) is 30.5. The summed E-state index contributed by atoms with van der Waals surface area (Å²) >= 11 is 4.19. The van der Waals surface area contributed by atoms with E-state index in [1.807, 2.05) is 0 Å². The van der Waals surface area contributed by atoms with Crippen molar-refractivity contribution in [3.8, 4) is 0 Å². The fraction of sp³-hybridized carbons (Fsp3) is 0.883. The molecule has 1 radical (unpaired) electrons. The number of carbonyl (C=O) groups excluding carboxylic acids is 7. The minimum absolute atomic E-state index is 0.207. The van der Waals surface area contributed by atoms with Crippen LogP contribution in [0.25, 0.3) is 0 Å². The van der Waals surface area contributed by atoms with Crippen LogP contribution in [0.1, 0.15) is 290 Å². The summed E-state index contributed by atoms with van der Waals surface area (Å²) in [4.78, 5) is 95.6. The van der Waals surface area contributed by atoms with Crippen LogP contribution in [0.4, 0.5) is 0 Å². The van der Waals surface area contributed by atoms with Gasteiger partial charge in [0.05, 0.1) is 13.2 Å². The second kappa shape index (κ2) is 48.4. The van der Waals surface area contributed by atoms with Crippen LogP contribution >= 0.6 is 12.6 Å². The zero-order valence-corrected chi connectivity index (χ0v) is 48.5. The summed E-state index contributed by atoms with van der Waals surface area (Å²) in [5.74, 6) is -7.82. The highest BCUT2D eigenvalue weighted by molar-refractivity contribution is 7.80. The number of carbonyl (C=O) groups is 6. The number of nitrogens with one attached hydrogen (secondary N) is 3. The summed E-state index contributed by atoms with van der Waals surface area (Å²) in [5.41, 5.74) is -7.11. The molecule has 0 saturated carbocycles. The molecule has 0 bridgehead atoms. The molecule has 3 unspecified atom stereocenters. The molecule has 0 aliphatic heterocycles. The summed E-state index contributed by atoms with van der Waals surface area (Å²) < 4.78 is 0. The quantitative estimate of drug-likeness (QED) is 0.0162. The van der Waals surface area contributed by atoms with Gasteiger partial charge in [0.2, 0.25) is 29.3 Å². The summed E-state index contributed by atoms with van der Waals surface area (Å²) in [6.07, 6.45) is 40.3. The smallest absolute Gasteiger partial charge is 0.264 e. The molecule has 437 valence electrons. The number of unbranched alkanes of at least 4 members (excludes halogenated alkanes) is 36. The monoisotopic (exact) mass is 1080 g/mol. The van der Waals surface area contributed by atoms with Crippen molar-refractivity contribution in [2.75, 3.05) is 19.0 Å².